The smallest absolute Gasteiger partial charge is 0.331 e. The molecule has 0 saturated carbocycles. The van der Waals surface area contributed by atoms with Crippen LogP contribution < -0.4 is 10.6 Å². The molecule has 2 aromatic heterocycles. The van der Waals surface area contributed by atoms with E-state index in [9.17, 15) is 19.2 Å². The Hall–Kier alpha value is -3.76. The van der Waals surface area contributed by atoms with Gasteiger partial charge in [0.25, 0.3) is 11.8 Å². The van der Waals surface area contributed by atoms with Crippen LogP contribution in [0, 0.1) is 0 Å². The summed E-state index contributed by atoms with van der Waals surface area (Å²) in [6.45, 7) is 1.36. The Kier molecular flexibility index (Phi) is 6.47. The molecule has 2 fully saturated rings. The summed E-state index contributed by atoms with van der Waals surface area (Å²) in [7, 11) is 0. The minimum Gasteiger partial charge on any atom is -0.376 e. The van der Waals surface area contributed by atoms with E-state index in [1.807, 2.05) is 41.8 Å². The SMILES string of the molecule is O=C(Cn1cc(/C=C2\C(=O)NC(=O)N(Cc3cccs3)C2=O)c2ccccc21)NC[C@@H]1CCCO1. The molecule has 3 aromatic rings. The van der Waals surface area contributed by atoms with Gasteiger partial charge in [-0.3, -0.25) is 24.6 Å². The minimum absolute atomic E-state index is 0.0521. The van der Waals surface area contributed by atoms with Gasteiger partial charge >= 0.3 is 6.03 Å². The van der Waals surface area contributed by atoms with Crippen molar-refractivity contribution in [2.45, 2.75) is 32.0 Å². The highest BCUT2D eigenvalue weighted by Gasteiger charge is 2.36. The predicted octanol–water partition coefficient (Wildman–Crippen LogP) is 2.66. The van der Waals surface area contributed by atoms with Gasteiger partial charge in [-0.15, -0.1) is 11.3 Å². The number of ether oxygens (including phenoxy) is 1. The summed E-state index contributed by atoms with van der Waals surface area (Å²) in [5, 5.41) is 7.81. The molecule has 0 spiro atoms. The zero-order valence-corrected chi connectivity index (χ0v) is 19.7. The number of hydrogen-bond donors (Lipinski definition) is 2. The Morgan fingerprint density at radius 3 is 2.83 bits per heavy atom. The Bertz CT molecular complexity index is 1320. The maximum atomic E-state index is 13.1. The molecule has 0 unspecified atom stereocenters. The van der Waals surface area contributed by atoms with Crippen molar-refractivity contribution in [2.24, 2.45) is 0 Å². The molecule has 4 heterocycles. The second kappa shape index (κ2) is 9.85. The number of benzene rings is 1. The zero-order valence-electron chi connectivity index (χ0n) is 18.9. The number of carbonyl (C=O) groups is 4. The Labute approximate surface area is 205 Å². The van der Waals surface area contributed by atoms with Gasteiger partial charge in [0, 0.05) is 40.7 Å². The molecule has 1 atom stereocenters. The van der Waals surface area contributed by atoms with Crippen molar-refractivity contribution < 1.29 is 23.9 Å². The fourth-order valence-electron chi connectivity index (χ4n) is 4.32. The van der Waals surface area contributed by atoms with Crippen molar-refractivity contribution in [1.29, 1.82) is 0 Å². The predicted molar refractivity (Wildman–Crippen MR) is 130 cm³/mol. The molecular formula is C25H24N4O5S. The van der Waals surface area contributed by atoms with Crippen LogP contribution in [0.2, 0.25) is 0 Å². The number of rotatable bonds is 7. The average molecular weight is 493 g/mol. The van der Waals surface area contributed by atoms with E-state index in [1.54, 1.807) is 10.8 Å². The highest BCUT2D eigenvalue weighted by molar-refractivity contribution is 7.09. The number of urea groups is 1. The lowest BCUT2D eigenvalue weighted by Gasteiger charge is -2.25. The Morgan fingerprint density at radius 1 is 1.20 bits per heavy atom. The van der Waals surface area contributed by atoms with E-state index >= 15 is 0 Å². The molecule has 5 rings (SSSR count). The molecule has 0 aliphatic carbocycles. The summed E-state index contributed by atoms with van der Waals surface area (Å²) in [6.07, 6.45) is 5.21. The molecule has 2 aliphatic heterocycles. The van der Waals surface area contributed by atoms with Gasteiger partial charge in [0.15, 0.2) is 0 Å². The lowest BCUT2D eigenvalue weighted by Crippen LogP contribution is -2.53. The molecule has 35 heavy (non-hydrogen) atoms. The van der Waals surface area contributed by atoms with Gasteiger partial charge < -0.3 is 14.6 Å². The van der Waals surface area contributed by atoms with Crippen molar-refractivity contribution in [2.75, 3.05) is 13.2 Å². The lowest BCUT2D eigenvalue weighted by molar-refractivity contribution is -0.130. The molecule has 0 bridgehead atoms. The standard InChI is InChI=1S/C25H24N4O5S/c30-22(26-12-17-5-3-9-34-17)15-28-13-16(19-7-1-2-8-21(19)28)11-20-23(31)27-25(33)29(24(20)32)14-18-6-4-10-35-18/h1-2,4,6-8,10-11,13,17H,3,5,9,12,14-15H2,(H,26,30)(H,27,31,33)/b20-11+/t17-/m0/s1. The van der Waals surface area contributed by atoms with Gasteiger partial charge in [-0.05, 0) is 36.4 Å². The van der Waals surface area contributed by atoms with Gasteiger partial charge in [0.2, 0.25) is 5.91 Å². The third-order valence-corrected chi connectivity index (χ3v) is 6.93. The first-order valence-electron chi connectivity index (χ1n) is 11.4. The van der Waals surface area contributed by atoms with E-state index in [4.69, 9.17) is 4.74 Å². The second-order valence-corrected chi connectivity index (χ2v) is 9.49. The molecule has 0 radical (unpaired) electrons. The van der Waals surface area contributed by atoms with Crippen molar-refractivity contribution >= 4 is 52.1 Å². The number of amides is 5. The first-order chi connectivity index (χ1) is 17.0. The number of barbiturate groups is 1. The highest BCUT2D eigenvalue weighted by atomic mass is 32.1. The molecule has 5 amide bonds. The van der Waals surface area contributed by atoms with E-state index in [0.717, 1.165) is 40.1 Å². The monoisotopic (exact) mass is 492 g/mol. The number of carbonyl (C=O) groups excluding carboxylic acids is 4. The molecule has 10 heteroatoms. The molecule has 1 aromatic carbocycles. The third kappa shape index (κ3) is 4.89. The van der Waals surface area contributed by atoms with Crippen LogP contribution >= 0.6 is 11.3 Å². The quantitative estimate of drug-likeness (QED) is 0.389. The summed E-state index contributed by atoms with van der Waals surface area (Å²) < 4.78 is 7.34. The molecule has 2 N–H and O–H groups in total. The maximum Gasteiger partial charge on any atom is 0.331 e. The summed E-state index contributed by atoms with van der Waals surface area (Å²) >= 11 is 1.42. The number of hydrogen-bond acceptors (Lipinski definition) is 6. The number of fused-ring (bicyclic) bond motifs is 1. The minimum atomic E-state index is -0.742. The third-order valence-electron chi connectivity index (χ3n) is 6.06. The van der Waals surface area contributed by atoms with Crippen LogP contribution in [0.1, 0.15) is 23.3 Å². The number of imide groups is 2. The summed E-state index contributed by atoms with van der Waals surface area (Å²) in [5.74, 6) is -1.55. The lowest BCUT2D eigenvalue weighted by atomic mass is 10.1. The van der Waals surface area contributed by atoms with Gasteiger partial charge in [-0.1, -0.05) is 24.3 Å². The van der Waals surface area contributed by atoms with E-state index in [1.165, 1.54) is 17.4 Å². The number of thiophene rings is 1. The van der Waals surface area contributed by atoms with Crippen LogP contribution in [-0.4, -0.2) is 52.5 Å². The van der Waals surface area contributed by atoms with Crippen molar-refractivity contribution in [3.8, 4) is 0 Å². The van der Waals surface area contributed by atoms with E-state index in [0.29, 0.717) is 12.1 Å². The van der Waals surface area contributed by atoms with Crippen molar-refractivity contribution in [3.05, 3.63) is 64.0 Å². The topological polar surface area (TPSA) is 110 Å². The van der Waals surface area contributed by atoms with Crippen LogP contribution in [-0.2, 0) is 32.2 Å². The number of nitrogens with zero attached hydrogens (tertiary/aromatic N) is 2. The van der Waals surface area contributed by atoms with Gasteiger partial charge in [0.1, 0.15) is 12.1 Å². The average Bonchev–Trinajstić information content (AvgIpc) is 3.61. The Morgan fingerprint density at radius 2 is 2.06 bits per heavy atom. The summed E-state index contributed by atoms with van der Waals surface area (Å²) in [5.41, 5.74) is 1.27. The first kappa shape index (κ1) is 23.0. The van der Waals surface area contributed by atoms with Crippen LogP contribution in [0.15, 0.2) is 53.5 Å². The summed E-state index contributed by atoms with van der Waals surface area (Å²) in [4.78, 5) is 52.4. The normalized spacial score (nSPS) is 19.5. The van der Waals surface area contributed by atoms with Gasteiger partial charge in [-0.2, -0.15) is 0 Å². The van der Waals surface area contributed by atoms with Crippen LogP contribution in [0.25, 0.3) is 17.0 Å². The van der Waals surface area contributed by atoms with Gasteiger partial charge in [0.05, 0.1) is 12.6 Å². The number of nitrogens with one attached hydrogen (secondary N) is 2. The fraction of sp³-hybridized carbons (Fsp3) is 0.280. The van der Waals surface area contributed by atoms with Crippen LogP contribution in [0.3, 0.4) is 0 Å². The zero-order chi connectivity index (χ0) is 24.4. The van der Waals surface area contributed by atoms with E-state index in [-0.39, 0.29) is 30.7 Å². The molecule has 9 nitrogen and oxygen atoms in total. The largest absolute Gasteiger partial charge is 0.376 e. The maximum absolute atomic E-state index is 13.1. The summed E-state index contributed by atoms with van der Waals surface area (Å²) in [6, 6.07) is 10.4. The molecule has 2 saturated heterocycles. The highest BCUT2D eigenvalue weighted by Crippen LogP contribution is 2.26. The number of para-hydroxylation sites is 1. The molecule has 2 aliphatic rings. The number of aromatic nitrogens is 1. The Balaban J connectivity index is 1.40. The van der Waals surface area contributed by atoms with Gasteiger partial charge in [-0.25, -0.2) is 4.79 Å². The van der Waals surface area contributed by atoms with E-state index < -0.39 is 17.8 Å². The molecule has 180 valence electrons. The van der Waals surface area contributed by atoms with Crippen molar-refractivity contribution in [3.63, 3.8) is 0 Å². The van der Waals surface area contributed by atoms with Crippen LogP contribution in [0.5, 0.6) is 0 Å². The van der Waals surface area contributed by atoms with Crippen LogP contribution in [0.4, 0.5) is 4.79 Å². The van der Waals surface area contributed by atoms with Crippen molar-refractivity contribution in [1.82, 2.24) is 20.1 Å². The first-order valence-corrected chi connectivity index (χ1v) is 12.2. The second-order valence-electron chi connectivity index (χ2n) is 8.46. The van der Waals surface area contributed by atoms with E-state index in [2.05, 4.69) is 10.6 Å². The molecular weight excluding hydrogens is 468 g/mol. The fourth-order valence-corrected chi connectivity index (χ4v) is 5.01.